The zero-order valence-electron chi connectivity index (χ0n) is 9.27. The third kappa shape index (κ3) is 2.22. The molecule has 0 N–H and O–H groups in total. The van der Waals surface area contributed by atoms with Gasteiger partial charge in [-0.1, -0.05) is 20.8 Å². The zero-order valence-corrected chi connectivity index (χ0v) is 10.9. The van der Waals surface area contributed by atoms with E-state index in [9.17, 15) is 4.39 Å². The Morgan fingerprint density at radius 3 is 2.47 bits per heavy atom. The van der Waals surface area contributed by atoms with Crippen LogP contribution in [0.4, 0.5) is 4.39 Å². The first-order valence-corrected chi connectivity index (χ1v) is 6.05. The van der Waals surface area contributed by atoms with E-state index in [1.165, 1.54) is 0 Å². The number of rotatable bonds is 1. The Morgan fingerprint density at radius 2 is 2.00 bits per heavy atom. The monoisotopic (exact) mass is 271 g/mol. The summed E-state index contributed by atoms with van der Waals surface area (Å²) in [6.45, 7) is 6.16. The molecule has 1 saturated carbocycles. The van der Waals surface area contributed by atoms with Gasteiger partial charge < -0.3 is 0 Å². The van der Waals surface area contributed by atoms with E-state index >= 15 is 0 Å². The molecule has 0 amide bonds. The minimum atomic E-state index is -0.183. The molecule has 1 aromatic heterocycles. The molecule has 15 heavy (non-hydrogen) atoms. The first kappa shape index (κ1) is 11.1. The van der Waals surface area contributed by atoms with Gasteiger partial charge in [-0.2, -0.15) is 0 Å². The van der Waals surface area contributed by atoms with Gasteiger partial charge in [0.1, 0.15) is 5.82 Å². The highest BCUT2D eigenvalue weighted by molar-refractivity contribution is 9.10. The molecule has 0 bridgehead atoms. The van der Waals surface area contributed by atoms with Crippen molar-refractivity contribution in [2.24, 2.45) is 0 Å². The van der Waals surface area contributed by atoms with Crippen molar-refractivity contribution in [3.05, 3.63) is 27.7 Å². The van der Waals surface area contributed by atoms with E-state index in [2.05, 4.69) is 41.7 Å². The highest BCUT2D eigenvalue weighted by Gasteiger charge is 2.29. The van der Waals surface area contributed by atoms with Gasteiger partial charge in [0.15, 0.2) is 0 Å². The number of hydrogen-bond acceptors (Lipinski definition) is 1. The molecule has 0 spiro atoms. The number of aromatic nitrogens is 1. The van der Waals surface area contributed by atoms with E-state index in [0.29, 0.717) is 10.4 Å². The van der Waals surface area contributed by atoms with Gasteiger partial charge in [-0.25, -0.2) is 4.39 Å². The molecule has 1 fully saturated rings. The maximum atomic E-state index is 13.7. The van der Waals surface area contributed by atoms with Crippen LogP contribution >= 0.6 is 15.9 Å². The number of halogens is 2. The molecule has 0 aromatic carbocycles. The van der Waals surface area contributed by atoms with Crippen LogP contribution in [-0.2, 0) is 5.41 Å². The molecule has 1 heterocycles. The van der Waals surface area contributed by atoms with E-state index < -0.39 is 0 Å². The molecule has 1 aliphatic carbocycles. The lowest BCUT2D eigenvalue weighted by molar-refractivity contribution is 0.540. The summed E-state index contributed by atoms with van der Waals surface area (Å²) in [5.74, 6) is 0.311. The molecule has 0 radical (unpaired) electrons. The van der Waals surface area contributed by atoms with Crippen LogP contribution in [0, 0.1) is 5.82 Å². The number of pyridine rings is 1. The van der Waals surface area contributed by atoms with E-state index in [-0.39, 0.29) is 11.2 Å². The fourth-order valence-corrected chi connectivity index (χ4v) is 2.40. The van der Waals surface area contributed by atoms with Crippen LogP contribution in [0.5, 0.6) is 0 Å². The molecule has 1 aromatic rings. The molecule has 1 aliphatic rings. The minimum absolute atomic E-state index is 0.120. The molecular formula is C12H15BrFN. The number of nitrogens with zero attached hydrogens (tertiary/aromatic N) is 1. The molecular weight excluding hydrogens is 257 g/mol. The van der Waals surface area contributed by atoms with Gasteiger partial charge in [-0.3, -0.25) is 4.98 Å². The Hall–Kier alpha value is -0.440. The highest BCUT2D eigenvalue weighted by atomic mass is 79.9. The van der Waals surface area contributed by atoms with Crippen LogP contribution in [0.15, 0.2) is 10.5 Å². The second-order valence-electron chi connectivity index (χ2n) is 5.22. The SMILES string of the molecule is CC(C)(C)c1nc(C2CC2)cc(F)c1Br. The zero-order chi connectivity index (χ0) is 11.2. The van der Waals surface area contributed by atoms with E-state index in [4.69, 9.17) is 0 Å². The number of hydrogen-bond donors (Lipinski definition) is 0. The van der Waals surface area contributed by atoms with Gasteiger partial charge in [-0.05, 0) is 34.8 Å². The van der Waals surface area contributed by atoms with Crippen molar-refractivity contribution in [2.45, 2.75) is 44.9 Å². The molecule has 0 aliphatic heterocycles. The average Bonchev–Trinajstić information content (AvgIpc) is 2.90. The van der Waals surface area contributed by atoms with Crippen molar-refractivity contribution >= 4 is 15.9 Å². The summed E-state index contributed by atoms with van der Waals surface area (Å²) in [6.07, 6.45) is 2.30. The first-order valence-electron chi connectivity index (χ1n) is 5.26. The summed E-state index contributed by atoms with van der Waals surface area (Å²) in [7, 11) is 0. The Morgan fingerprint density at radius 1 is 1.40 bits per heavy atom. The molecule has 0 saturated heterocycles. The smallest absolute Gasteiger partial charge is 0.141 e. The van der Waals surface area contributed by atoms with Gasteiger partial charge in [0.05, 0.1) is 10.2 Å². The predicted octanol–water partition coefficient (Wildman–Crippen LogP) is 4.16. The molecule has 82 valence electrons. The normalized spacial score (nSPS) is 16.9. The van der Waals surface area contributed by atoms with Crippen molar-refractivity contribution in [3.8, 4) is 0 Å². The van der Waals surface area contributed by atoms with Crippen molar-refractivity contribution in [1.82, 2.24) is 4.98 Å². The summed E-state index contributed by atoms with van der Waals surface area (Å²) < 4.78 is 14.2. The fraction of sp³-hybridized carbons (Fsp3) is 0.583. The van der Waals surface area contributed by atoms with Crippen LogP contribution in [0.3, 0.4) is 0 Å². The first-order chi connectivity index (χ1) is 6.89. The lowest BCUT2D eigenvalue weighted by atomic mass is 9.91. The maximum absolute atomic E-state index is 13.7. The Bertz CT molecular complexity index is 391. The summed E-state index contributed by atoms with van der Waals surface area (Å²) in [5, 5.41) is 0. The second kappa shape index (κ2) is 3.55. The summed E-state index contributed by atoms with van der Waals surface area (Å²) >= 11 is 3.28. The van der Waals surface area contributed by atoms with Gasteiger partial charge in [0.25, 0.3) is 0 Å². The van der Waals surface area contributed by atoms with Crippen LogP contribution in [0.1, 0.15) is 50.9 Å². The molecule has 0 unspecified atom stereocenters. The predicted molar refractivity (Wildman–Crippen MR) is 62.6 cm³/mol. The molecule has 0 atom stereocenters. The van der Waals surface area contributed by atoms with Crippen LogP contribution in [-0.4, -0.2) is 4.98 Å². The van der Waals surface area contributed by atoms with Crippen molar-refractivity contribution < 1.29 is 4.39 Å². The molecule has 2 rings (SSSR count). The van der Waals surface area contributed by atoms with E-state index in [0.717, 1.165) is 24.2 Å². The highest BCUT2D eigenvalue weighted by Crippen LogP contribution is 2.41. The second-order valence-corrected chi connectivity index (χ2v) is 6.01. The standard InChI is InChI=1S/C12H15BrFN/c1-12(2,3)11-10(13)8(14)6-9(15-11)7-4-5-7/h6-7H,4-5H2,1-3H3. The molecule has 3 heteroatoms. The van der Waals surface area contributed by atoms with E-state index in [1.54, 1.807) is 6.07 Å². The minimum Gasteiger partial charge on any atom is -0.256 e. The maximum Gasteiger partial charge on any atom is 0.141 e. The third-order valence-electron chi connectivity index (χ3n) is 2.64. The topological polar surface area (TPSA) is 12.9 Å². The van der Waals surface area contributed by atoms with Crippen LogP contribution < -0.4 is 0 Å². The van der Waals surface area contributed by atoms with Gasteiger partial charge in [-0.15, -0.1) is 0 Å². The third-order valence-corrected chi connectivity index (χ3v) is 3.39. The van der Waals surface area contributed by atoms with Crippen LogP contribution in [0.25, 0.3) is 0 Å². The Balaban J connectivity index is 2.52. The van der Waals surface area contributed by atoms with Crippen LogP contribution in [0.2, 0.25) is 0 Å². The quantitative estimate of drug-likeness (QED) is 0.748. The summed E-state index contributed by atoms with van der Waals surface area (Å²) in [4.78, 5) is 4.58. The summed E-state index contributed by atoms with van der Waals surface area (Å²) in [6, 6.07) is 1.57. The molecule has 1 nitrogen and oxygen atoms in total. The van der Waals surface area contributed by atoms with Gasteiger partial charge >= 0.3 is 0 Å². The van der Waals surface area contributed by atoms with Gasteiger partial charge in [0.2, 0.25) is 0 Å². The average molecular weight is 272 g/mol. The summed E-state index contributed by atoms with van der Waals surface area (Å²) in [5.41, 5.74) is 1.62. The van der Waals surface area contributed by atoms with Gasteiger partial charge in [0, 0.05) is 17.0 Å². The largest absolute Gasteiger partial charge is 0.256 e. The van der Waals surface area contributed by atoms with Crippen molar-refractivity contribution in [3.63, 3.8) is 0 Å². The Labute approximate surface area is 98.2 Å². The fourth-order valence-electron chi connectivity index (χ4n) is 1.60. The lowest BCUT2D eigenvalue weighted by Crippen LogP contribution is -2.16. The Kier molecular flexibility index (Phi) is 2.61. The van der Waals surface area contributed by atoms with Crippen molar-refractivity contribution in [1.29, 1.82) is 0 Å². The lowest BCUT2D eigenvalue weighted by Gasteiger charge is -2.20. The van der Waals surface area contributed by atoms with Crippen molar-refractivity contribution in [2.75, 3.05) is 0 Å². The van der Waals surface area contributed by atoms with E-state index in [1.807, 2.05) is 0 Å².